The third-order valence-electron chi connectivity index (χ3n) is 13.5. The second kappa shape index (κ2) is 14.4. The molecule has 3 aliphatic heterocycles. The molecule has 320 valence electrons. The predicted molar refractivity (Wildman–Crippen MR) is 225 cm³/mol. The van der Waals surface area contributed by atoms with Crippen LogP contribution < -0.4 is 19.4 Å². The summed E-state index contributed by atoms with van der Waals surface area (Å²) in [5.41, 5.74) is 1.48. The van der Waals surface area contributed by atoms with Crippen molar-refractivity contribution in [2.24, 2.45) is 36.1 Å². The molecule has 12 nitrogen and oxygen atoms in total. The van der Waals surface area contributed by atoms with E-state index in [1.165, 1.54) is 20.9 Å². The Morgan fingerprint density at radius 2 is 1.65 bits per heavy atom. The van der Waals surface area contributed by atoms with Crippen LogP contribution in [0.2, 0.25) is 5.02 Å². The van der Waals surface area contributed by atoms with Crippen LogP contribution in [0.15, 0.2) is 78.4 Å². The zero-order chi connectivity index (χ0) is 43.6. The number of nitrogens with zero attached hydrogens (tertiary/aromatic N) is 5. The van der Waals surface area contributed by atoms with Crippen LogP contribution in [0.4, 0.5) is 30.4 Å². The van der Waals surface area contributed by atoms with Gasteiger partial charge in [0.2, 0.25) is 23.6 Å². The van der Waals surface area contributed by atoms with Gasteiger partial charge in [-0.1, -0.05) is 23.3 Å². The molecule has 5 heterocycles. The number of carbonyl (C=O) groups is 4. The highest BCUT2D eigenvalue weighted by Gasteiger charge is 2.68. The number of aromatic hydroxyl groups is 1. The van der Waals surface area contributed by atoms with Gasteiger partial charge in [-0.2, -0.15) is 5.10 Å². The van der Waals surface area contributed by atoms with Gasteiger partial charge in [-0.15, -0.1) is 24.5 Å². The van der Waals surface area contributed by atoms with Crippen molar-refractivity contribution in [3.8, 4) is 22.1 Å². The summed E-state index contributed by atoms with van der Waals surface area (Å²) in [6.45, 7) is 6.09. The Balaban J connectivity index is 1.06. The fourth-order valence-corrected chi connectivity index (χ4v) is 12.0. The molecule has 62 heavy (non-hydrogen) atoms. The number of imide groups is 2. The summed E-state index contributed by atoms with van der Waals surface area (Å²) in [4.78, 5) is 64.3. The predicted octanol–water partition coefficient (Wildman–Crippen LogP) is 8.14. The normalized spacial score (nSPS) is 26.3. The van der Waals surface area contributed by atoms with E-state index in [0.717, 1.165) is 49.3 Å². The Morgan fingerprint density at radius 3 is 2.37 bits per heavy atom. The van der Waals surface area contributed by atoms with Gasteiger partial charge in [0.25, 0.3) is 0 Å². The number of hydrogen-bond donors (Lipinski definition) is 1. The molecule has 4 fully saturated rings. The van der Waals surface area contributed by atoms with Gasteiger partial charge in [0.1, 0.15) is 23.0 Å². The Bertz CT molecular complexity index is 2760. The fraction of sp³-hybridized carbons (Fsp3) is 0.356. The van der Waals surface area contributed by atoms with Crippen molar-refractivity contribution >= 4 is 73.8 Å². The van der Waals surface area contributed by atoms with E-state index in [1.807, 2.05) is 31.2 Å². The van der Waals surface area contributed by atoms with E-state index in [2.05, 4.69) is 9.64 Å². The zero-order valence-electron chi connectivity index (χ0n) is 33.6. The summed E-state index contributed by atoms with van der Waals surface area (Å²) in [7, 11) is 1.61. The Kier molecular flexibility index (Phi) is 9.39. The first kappa shape index (κ1) is 40.4. The minimum atomic E-state index is -5.07. The number of aryl methyl sites for hydroxylation is 2. The van der Waals surface area contributed by atoms with Crippen molar-refractivity contribution in [2.75, 3.05) is 41.0 Å². The number of benzene rings is 3. The smallest absolute Gasteiger partial charge is 0.508 e. The third kappa shape index (κ3) is 6.15. The second-order valence-electron chi connectivity index (χ2n) is 16.8. The molecule has 4 amide bonds. The van der Waals surface area contributed by atoms with Gasteiger partial charge in [-0.3, -0.25) is 28.8 Å². The number of hydrogen-bond acceptors (Lipinski definition) is 10. The fourth-order valence-electron chi connectivity index (χ4n) is 10.6. The topological polar surface area (TPSA) is 135 Å². The molecule has 2 aliphatic carbocycles. The molecule has 3 aromatic carbocycles. The number of anilines is 3. The molecule has 5 aromatic rings. The van der Waals surface area contributed by atoms with Crippen molar-refractivity contribution in [2.45, 2.75) is 39.0 Å². The molecule has 5 aliphatic rings. The van der Waals surface area contributed by atoms with Crippen molar-refractivity contribution in [3.63, 3.8) is 0 Å². The molecule has 0 spiro atoms. The molecule has 2 aromatic heterocycles. The quantitative estimate of drug-likeness (QED) is 0.133. The van der Waals surface area contributed by atoms with E-state index in [0.29, 0.717) is 48.3 Å². The number of phenols is 1. The number of aromatic nitrogens is 2. The minimum Gasteiger partial charge on any atom is -0.508 e. The molecule has 10 rings (SSSR count). The summed E-state index contributed by atoms with van der Waals surface area (Å²) in [5, 5.41) is 17.7. The Morgan fingerprint density at radius 1 is 0.919 bits per heavy atom. The lowest BCUT2D eigenvalue weighted by Crippen LogP contribution is -2.49. The summed E-state index contributed by atoms with van der Waals surface area (Å²) in [6.07, 6.45) is -3.22. The molecule has 6 atom stereocenters. The average Bonchev–Trinajstić information content (AvgIpc) is 3.91. The number of morpholine rings is 1. The molecular weight excluding hydrogens is 847 g/mol. The molecule has 17 heteroatoms. The summed E-state index contributed by atoms with van der Waals surface area (Å²) in [6, 6.07) is 17.5. The molecule has 0 radical (unpaired) electrons. The molecule has 1 saturated carbocycles. The average molecular weight is 886 g/mol. The van der Waals surface area contributed by atoms with Crippen LogP contribution >= 0.6 is 22.9 Å². The Hall–Kier alpha value is -5.71. The van der Waals surface area contributed by atoms with Gasteiger partial charge in [0.05, 0.1) is 46.9 Å². The number of thiophene rings is 1. The minimum absolute atomic E-state index is 0.00963. The van der Waals surface area contributed by atoms with Crippen molar-refractivity contribution in [1.82, 2.24) is 9.78 Å². The maximum atomic E-state index is 15.2. The van der Waals surface area contributed by atoms with Crippen molar-refractivity contribution in [1.29, 1.82) is 0 Å². The van der Waals surface area contributed by atoms with Gasteiger partial charge < -0.3 is 19.5 Å². The number of carbonyl (C=O) groups excluding carboxylic acids is 4. The highest BCUT2D eigenvalue weighted by molar-refractivity contribution is 7.22. The third-order valence-corrected chi connectivity index (χ3v) is 15.0. The lowest BCUT2D eigenvalue weighted by atomic mass is 9.51. The number of alkyl halides is 3. The summed E-state index contributed by atoms with van der Waals surface area (Å²) < 4.78 is 53.0. The number of halogens is 4. The maximum absolute atomic E-state index is 15.2. The molecule has 1 N–H and O–H groups in total. The number of allylic oxidation sites excluding steroid dienone is 2. The van der Waals surface area contributed by atoms with Crippen molar-refractivity contribution < 1.29 is 46.9 Å². The van der Waals surface area contributed by atoms with Crippen molar-refractivity contribution in [3.05, 3.63) is 94.5 Å². The van der Waals surface area contributed by atoms with Crippen LogP contribution in [-0.2, 0) is 31.0 Å². The van der Waals surface area contributed by atoms with Crippen LogP contribution in [-0.4, -0.2) is 71.2 Å². The maximum Gasteiger partial charge on any atom is 0.573 e. The number of fused-ring (bicyclic) bond motifs is 5. The van der Waals surface area contributed by atoms with Gasteiger partial charge in [-0.25, -0.2) is 4.90 Å². The van der Waals surface area contributed by atoms with Crippen LogP contribution in [0.5, 0.6) is 11.5 Å². The van der Waals surface area contributed by atoms with Gasteiger partial charge in [0.15, 0.2) is 0 Å². The lowest BCUT2D eigenvalue weighted by Gasteiger charge is -2.49. The molecule has 6 unspecified atom stereocenters. The number of amides is 4. The summed E-state index contributed by atoms with van der Waals surface area (Å²) in [5.74, 6) is -7.85. The SMILES string of the molecule is Cc1c(-c2cc(N3C(=O)C4CC5C(=CCC6C(=O)N(c7ccc(N8CCOCC8)cc7)C(=O)C65)C(c5cc(OC(F)(F)F)ccc5O)C4(C)C3=O)n(C)n2)sc2ccc(Cl)cc12. The van der Waals surface area contributed by atoms with Crippen LogP contribution in [0.1, 0.15) is 36.8 Å². The second-order valence-corrected chi connectivity index (χ2v) is 18.3. The first-order valence-electron chi connectivity index (χ1n) is 20.3. The number of ether oxygens (including phenoxy) is 2. The Labute approximate surface area is 362 Å². The molecular formula is C45H39ClF3N5O7S. The van der Waals surface area contributed by atoms with E-state index < -0.39 is 76.5 Å². The zero-order valence-corrected chi connectivity index (χ0v) is 35.2. The highest BCUT2D eigenvalue weighted by atomic mass is 35.5. The van der Waals surface area contributed by atoms with Crippen LogP contribution in [0.3, 0.4) is 0 Å². The highest BCUT2D eigenvalue weighted by Crippen LogP contribution is 2.65. The van der Waals surface area contributed by atoms with E-state index in [9.17, 15) is 32.7 Å². The first-order valence-corrected chi connectivity index (χ1v) is 21.4. The largest absolute Gasteiger partial charge is 0.573 e. The standard InChI is InChI=1S/C45H39ClF3N5O7S/c1-22-29-18-23(46)4-13-35(29)62-39(22)33-21-36(51(3)50-33)54-41(57)32-20-30-27(38(44(32,2)43(54)59)31-19-26(9-12-34(31)55)61-45(47,48)49)10-11-28-37(30)42(58)53(40(28)56)25-7-5-24(6-8-25)52-14-16-60-17-15-52/h4-10,12-13,18-19,21,28,30,32,37-38,55H,11,14-17,20H2,1-3H3. The van der Waals surface area contributed by atoms with Crippen LogP contribution in [0, 0.1) is 36.0 Å². The first-order chi connectivity index (χ1) is 29.5. The van der Waals surface area contributed by atoms with E-state index >= 15 is 4.79 Å². The van der Waals surface area contributed by atoms with Gasteiger partial charge >= 0.3 is 6.36 Å². The van der Waals surface area contributed by atoms with Gasteiger partial charge in [-0.05, 0) is 104 Å². The lowest BCUT2D eigenvalue weighted by molar-refractivity contribution is -0.274. The number of phenolic OH excluding ortho intramolecular Hbond substituents is 1. The van der Waals surface area contributed by atoms with E-state index in [4.69, 9.17) is 21.4 Å². The molecule has 0 bridgehead atoms. The van der Waals surface area contributed by atoms with Gasteiger partial charge in [0, 0.05) is 53.1 Å². The number of rotatable bonds is 6. The summed E-state index contributed by atoms with van der Waals surface area (Å²) >= 11 is 7.79. The van der Waals surface area contributed by atoms with Crippen LogP contribution in [0.25, 0.3) is 20.7 Å². The van der Waals surface area contributed by atoms with E-state index in [1.54, 1.807) is 44.3 Å². The monoisotopic (exact) mass is 885 g/mol. The molecule has 3 saturated heterocycles. The van der Waals surface area contributed by atoms with E-state index in [-0.39, 0.29) is 24.2 Å².